The molecule has 0 bridgehead atoms. The van der Waals surface area contributed by atoms with E-state index in [1.54, 1.807) is 18.5 Å². The molecule has 0 unspecified atom stereocenters. The third-order valence-electron chi connectivity index (χ3n) is 5.46. The van der Waals surface area contributed by atoms with Gasteiger partial charge in [-0.15, -0.1) is 0 Å². The molecular formula is C17H27N3O4S. The zero-order valence-electron chi connectivity index (χ0n) is 15.1. The molecule has 0 amide bonds. The van der Waals surface area contributed by atoms with E-state index in [4.69, 9.17) is 9.47 Å². The zero-order chi connectivity index (χ0) is 18.1. The van der Waals surface area contributed by atoms with Crippen molar-refractivity contribution in [1.29, 1.82) is 0 Å². The molecule has 25 heavy (non-hydrogen) atoms. The van der Waals surface area contributed by atoms with E-state index in [1.807, 2.05) is 18.2 Å². The van der Waals surface area contributed by atoms with Crippen LogP contribution >= 0.6 is 0 Å². The van der Waals surface area contributed by atoms with Crippen molar-refractivity contribution >= 4 is 10.0 Å². The molecule has 1 aromatic heterocycles. The van der Waals surface area contributed by atoms with Crippen LogP contribution < -0.4 is 4.74 Å². The second-order valence-electron chi connectivity index (χ2n) is 7.20. The molecule has 2 atom stereocenters. The Morgan fingerprint density at radius 2 is 2.12 bits per heavy atom. The van der Waals surface area contributed by atoms with Crippen LogP contribution in [0.3, 0.4) is 0 Å². The molecule has 0 saturated carbocycles. The van der Waals surface area contributed by atoms with Gasteiger partial charge in [0, 0.05) is 44.8 Å². The van der Waals surface area contributed by atoms with Crippen molar-refractivity contribution in [2.45, 2.75) is 13.0 Å². The maximum absolute atomic E-state index is 12.0. The van der Waals surface area contributed by atoms with Crippen LogP contribution in [0, 0.1) is 11.3 Å². The van der Waals surface area contributed by atoms with Crippen LogP contribution in [-0.2, 0) is 21.3 Å². The fraction of sp³-hybridized carbons (Fsp3) is 0.706. The fourth-order valence-corrected chi connectivity index (χ4v) is 5.05. The number of piperidine rings is 1. The standard InChI is InChI=1S/C17H27N3O4S/c1-23-13-17-7-8-19(11-15-5-4-6-16(18-15)24-2)9-14(17)10-20(12-17)25(3,21)22/h4-6,14H,7-13H2,1-3H3/t14-,17+/m1/s1. The summed E-state index contributed by atoms with van der Waals surface area (Å²) < 4.78 is 36.3. The highest BCUT2D eigenvalue weighted by Gasteiger charge is 2.51. The molecule has 2 saturated heterocycles. The monoisotopic (exact) mass is 369 g/mol. The SMILES string of the molecule is COC[C@@]12CCN(Cc3cccc(OC)n3)C[C@@H]1CN(S(C)(=O)=O)C2. The summed E-state index contributed by atoms with van der Waals surface area (Å²) in [6.07, 6.45) is 2.23. The van der Waals surface area contributed by atoms with Gasteiger partial charge in [-0.3, -0.25) is 4.90 Å². The van der Waals surface area contributed by atoms with E-state index in [1.165, 1.54) is 6.26 Å². The summed E-state index contributed by atoms with van der Waals surface area (Å²) in [5.74, 6) is 0.897. The van der Waals surface area contributed by atoms with Gasteiger partial charge in [-0.2, -0.15) is 0 Å². The van der Waals surface area contributed by atoms with Crippen LogP contribution in [0.4, 0.5) is 0 Å². The smallest absolute Gasteiger partial charge is 0.213 e. The Balaban J connectivity index is 1.72. The molecule has 2 aliphatic rings. The summed E-state index contributed by atoms with van der Waals surface area (Å²) in [6.45, 7) is 4.26. The second-order valence-corrected chi connectivity index (χ2v) is 9.19. The lowest BCUT2D eigenvalue weighted by molar-refractivity contribution is -0.00142. The van der Waals surface area contributed by atoms with Crippen molar-refractivity contribution < 1.29 is 17.9 Å². The fourth-order valence-electron chi connectivity index (χ4n) is 4.11. The van der Waals surface area contributed by atoms with Crippen LogP contribution in [0.15, 0.2) is 18.2 Å². The maximum atomic E-state index is 12.0. The average molecular weight is 369 g/mol. The molecule has 0 N–H and O–H groups in total. The minimum atomic E-state index is -3.17. The van der Waals surface area contributed by atoms with Crippen molar-refractivity contribution in [2.24, 2.45) is 11.3 Å². The molecule has 0 aromatic carbocycles. The number of sulfonamides is 1. The normalized spacial score (nSPS) is 28.0. The first kappa shape index (κ1) is 18.6. The molecule has 3 rings (SSSR count). The Morgan fingerprint density at radius 1 is 1.32 bits per heavy atom. The number of pyridine rings is 1. The van der Waals surface area contributed by atoms with E-state index in [0.717, 1.165) is 31.7 Å². The number of hydrogen-bond acceptors (Lipinski definition) is 6. The third-order valence-corrected chi connectivity index (χ3v) is 6.68. The van der Waals surface area contributed by atoms with Crippen molar-refractivity contribution in [3.8, 4) is 5.88 Å². The first-order valence-electron chi connectivity index (χ1n) is 8.53. The van der Waals surface area contributed by atoms with Crippen molar-refractivity contribution in [1.82, 2.24) is 14.2 Å². The number of rotatable bonds is 6. The number of methoxy groups -OCH3 is 2. The van der Waals surface area contributed by atoms with Crippen molar-refractivity contribution in [3.05, 3.63) is 23.9 Å². The molecule has 0 aliphatic carbocycles. The van der Waals surface area contributed by atoms with Gasteiger partial charge >= 0.3 is 0 Å². The van der Waals surface area contributed by atoms with E-state index in [9.17, 15) is 8.42 Å². The quantitative estimate of drug-likeness (QED) is 0.739. The minimum Gasteiger partial charge on any atom is -0.481 e. The lowest BCUT2D eigenvalue weighted by atomic mass is 9.73. The summed E-state index contributed by atoms with van der Waals surface area (Å²) >= 11 is 0. The Kier molecular flexibility index (Phi) is 5.34. The molecule has 0 radical (unpaired) electrons. The van der Waals surface area contributed by atoms with E-state index in [-0.39, 0.29) is 11.3 Å². The number of aromatic nitrogens is 1. The Bertz CT molecular complexity index is 712. The van der Waals surface area contributed by atoms with E-state index >= 15 is 0 Å². The van der Waals surface area contributed by atoms with Gasteiger partial charge in [0.25, 0.3) is 0 Å². The summed E-state index contributed by atoms with van der Waals surface area (Å²) in [7, 11) is 0.139. The van der Waals surface area contributed by atoms with Gasteiger partial charge in [-0.1, -0.05) is 6.07 Å². The zero-order valence-corrected chi connectivity index (χ0v) is 16.0. The molecular weight excluding hydrogens is 342 g/mol. The van der Waals surface area contributed by atoms with Crippen molar-refractivity contribution in [2.75, 3.05) is 53.3 Å². The van der Waals surface area contributed by atoms with E-state index in [2.05, 4.69) is 9.88 Å². The largest absolute Gasteiger partial charge is 0.481 e. The maximum Gasteiger partial charge on any atom is 0.213 e. The molecule has 7 nitrogen and oxygen atoms in total. The summed E-state index contributed by atoms with van der Waals surface area (Å²) in [6, 6.07) is 5.78. The van der Waals surface area contributed by atoms with E-state index in [0.29, 0.717) is 25.6 Å². The van der Waals surface area contributed by atoms with Gasteiger partial charge in [0.05, 0.1) is 25.7 Å². The van der Waals surface area contributed by atoms with Crippen LogP contribution in [-0.4, -0.2) is 75.9 Å². The highest BCUT2D eigenvalue weighted by molar-refractivity contribution is 7.88. The summed E-state index contributed by atoms with van der Waals surface area (Å²) in [4.78, 5) is 6.84. The van der Waals surface area contributed by atoms with Gasteiger partial charge in [0.1, 0.15) is 0 Å². The average Bonchev–Trinajstić information content (AvgIpc) is 2.94. The van der Waals surface area contributed by atoms with Crippen LogP contribution in [0.2, 0.25) is 0 Å². The van der Waals surface area contributed by atoms with E-state index < -0.39 is 10.0 Å². The van der Waals surface area contributed by atoms with Crippen molar-refractivity contribution in [3.63, 3.8) is 0 Å². The van der Waals surface area contributed by atoms with Gasteiger partial charge < -0.3 is 9.47 Å². The number of hydrogen-bond donors (Lipinski definition) is 0. The molecule has 3 heterocycles. The lowest BCUT2D eigenvalue weighted by Gasteiger charge is -2.43. The molecule has 2 fully saturated rings. The number of ether oxygens (including phenoxy) is 2. The van der Waals surface area contributed by atoms with Gasteiger partial charge in [-0.05, 0) is 24.9 Å². The third kappa shape index (κ3) is 3.97. The molecule has 8 heteroatoms. The van der Waals surface area contributed by atoms with Gasteiger partial charge in [0.2, 0.25) is 15.9 Å². The summed E-state index contributed by atoms with van der Waals surface area (Å²) in [5, 5.41) is 0. The Hall–Kier alpha value is -1.22. The first-order chi connectivity index (χ1) is 11.9. The summed E-state index contributed by atoms with van der Waals surface area (Å²) in [5.41, 5.74) is 0.896. The van der Waals surface area contributed by atoms with Gasteiger partial charge in [-0.25, -0.2) is 17.7 Å². The minimum absolute atomic E-state index is 0.0733. The molecule has 2 aliphatic heterocycles. The molecule has 1 aromatic rings. The highest BCUT2D eigenvalue weighted by Crippen LogP contribution is 2.44. The first-order valence-corrected chi connectivity index (χ1v) is 10.4. The molecule has 0 spiro atoms. The predicted molar refractivity (Wildman–Crippen MR) is 94.9 cm³/mol. The highest BCUT2D eigenvalue weighted by atomic mass is 32.2. The number of nitrogens with zero attached hydrogens (tertiary/aromatic N) is 3. The number of likely N-dealkylation sites (tertiary alicyclic amines) is 1. The second kappa shape index (κ2) is 7.19. The Labute approximate surface area is 150 Å². The molecule has 140 valence electrons. The van der Waals surface area contributed by atoms with Crippen LogP contribution in [0.1, 0.15) is 12.1 Å². The van der Waals surface area contributed by atoms with Gasteiger partial charge in [0.15, 0.2) is 0 Å². The Morgan fingerprint density at radius 3 is 2.80 bits per heavy atom. The van der Waals surface area contributed by atoms with Crippen LogP contribution in [0.5, 0.6) is 5.88 Å². The number of fused-ring (bicyclic) bond motifs is 1. The topological polar surface area (TPSA) is 72.0 Å². The lowest BCUT2D eigenvalue weighted by Crippen LogP contribution is -2.48. The van der Waals surface area contributed by atoms with Crippen LogP contribution in [0.25, 0.3) is 0 Å². The predicted octanol–water partition coefficient (Wildman–Crippen LogP) is 0.820.